The first-order chi connectivity index (χ1) is 12.3. The van der Waals surface area contributed by atoms with Gasteiger partial charge in [0.2, 0.25) is 0 Å². The number of fused-ring (bicyclic) bond motifs is 1. The van der Waals surface area contributed by atoms with E-state index < -0.39 is 0 Å². The summed E-state index contributed by atoms with van der Waals surface area (Å²) < 4.78 is 11.0. The highest BCUT2D eigenvalue weighted by atomic mass is 32.1. The maximum absolute atomic E-state index is 12.3. The molecule has 0 saturated carbocycles. The molecule has 1 N–H and O–H groups in total. The van der Waals surface area contributed by atoms with Crippen molar-refractivity contribution < 1.29 is 14.3 Å². The van der Waals surface area contributed by atoms with E-state index in [1.165, 1.54) is 11.3 Å². The number of thiazole rings is 1. The lowest BCUT2D eigenvalue weighted by atomic mass is 10.3. The molecule has 0 aliphatic carbocycles. The largest absolute Gasteiger partial charge is 0.485 e. The summed E-state index contributed by atoms with van der Waals surface area (Å²) in [6, 6.07) is 3.87. The van der Waals surface area contributed by atoms with Gasteiger partial charge in [0.15, 0.2) is 11.5 Å². The van der Waals surface area contributed by atoms with Gasteiger partial charge in [-0.2, -0.15) is 0 Å². The van der Waals surface area contributed by atoms with Gasteiger partial charge in [0, 0.05) is 41.7 Å². The lowest BCUT2D eigenvalue weighted by Crippen LogP contribution is -2.26. The van der Waals surface area contributed by atoms with Gasteiger partial charge < -0.3 is 14.8 Å². The molecule has 0 radical (unpaired) electrons. The number of ether oxygens (including phenoxy) is 2. The lowest BCUT2D eigenvalue weighted by Gasteiger charge is -2.15. The minimum atomic E-state index is -0.138. The predicted molar refractivity (Wildman–Crippen MR) is 96.7 cm³/mol. The van der Waals surface area contributed by atoms with Gasteiger partial charge in [-0.1, -0.05) is 0 Å². The highest BCUT2D eigenvalue weighted by Crippen LogP contribution is 2.39. The molecule has 0 saturated heterocycles. The number of hydrogen-bond acceptors (Lipinski definition) is 7. The van der Waals surface area contributed by atoms with Gasteiger partial charge in [0.25, 0.3) is 5.91 Å². The molecule has 3 aromatic heterocycles. The summed E-state index contributed by atoms with van der Waals surface area (Å²) in [6.45, 7) is 1.51. The molecule has 1 aliphatic rings. The number of carbonyl (C=O) groups is 1. The second kappa shape index (κ2) is 7.20. The molecule has 0 fully saturated rings. The van der Waals surface area contributed by atoms with Crippen LogP contribution in [0.4, 0.5) is 0 Å². The first-order valence-electron chi connectivity index (χ1n) is 7.81. The summed E-state index contributed by atoms with van der Waals surface area (Å²) in [7, 11) is 0. The molecular formula is C17H15N3O3S2. The van der Waals surface area contributed by atoms with Gasteiger partial charge in [0.05, 0.1) is 5.69 Å². The Kier molecular flexibility index (Phi) is 4.62. The Hall–Kier alpha value is -2.45. The molecule has 8 heteroatoms. The third-order valence-electron chi connectivity index (χ3n) is 3.65. The Morgan fingerprint density at radius 1 is 1.16 bits per heavy atom. The van der Waals surface area contributed by atoms with E-state index in [0.29, 0.717) is 42.6 Å². The van der Waals surface area contributed by atoms with Crippen LogP contribution in [0.3, 0.4) is 0 Å². The van der Waals surface area contributed by atoms with Gasteiger partial charge in [-0.15, -0.1) is 22.7 Å². The number of hydrogen-bond donors (Lipinski definition) is 1. The van der Waals surface area contributed by atoms with Crippen molar-refractivity contribution in [1.82, 2.24) is 15.3 Å². The number of aromatic nitrogens is 2. The fourth-order valence-electron chi connectivity index (χ4n) is 2.45. The maximum atomic E-state index is 12.3. The van der Waals surface area contributed by atoms with E-state index in [1.54, 1.807) is 23.7 Å². The summed E-state index contributed by atoms with van der Waals surface area (Å²) in [5.74, 6) is 1.08. The lowest BCUT2D eigenvalue weighted by molar-refractivity contribution is 0.0949. The normalized spacial score (nSPS) is 12.8. The molecule has 0 atom stereocenters. The van der Waals surface area contributed by atoms with E-state index in [-0.39, 0.29) is 5.91 Å². The third kappa shape index (κ3) is 3.49. The van der Waals surface area contributed by atoms with Crippen molar-refractivity contribution in [3.63, 3.8) is 0 Å². The van der Waals surface area contributed by atoms with Crippen LogP contribution in [0, 0.1) is 0 Å². The molecule has 0 aromatic carbocycles. The Morgan fingerprint density at radius 3 is 2.88 bits per heavy atom. The first kappa shape index (κ1) is 16.0. The van der Waals surface area contributed by atoms with Gasteiger partial charge in [-0.3, -0.25) is 9.78 Å². The number of carbonyl (C=O) groups excluding carboxylic acids is 1. The van der Waals surface area contributed by atoms with Gasteiger partial charge in [-0.05, 0) is 12.1 Å². The van der Waals surface area contributed by atoms with Crippen LogP contribution >= 0.6 is 22.7 Å². The standard InChI is InChI=1S/C17H15N3O3S2/c21-16(15-14-13(10-24-15)22-7-8-23-14)19-6-3-12-9-25-17(20-12)11-1-4-18-5-2-11/h1-2,4-5,9-10H,3,6-8H2,(H,19,21). The SMILES string of the molecule is O=C(NCCc1csc(-c2ccncc2)n1)c1scc2c1OCCO2. The van der Waals surface area contributed by atoms with Crippen LogP contribution in [0.15, 0.2) is 35.3 Å². The summed E-state index contributed by atoms with van der Waals surface area (Å²) in [6.07, 6.45) is 4.19. The maximum Gasteiger partial charge on any atom is 0.265 e. The summed E-state index contributed by atoms with van der Waals surface area (Å²) >= 11 is 2.93. The Balaban J connectivity index is 1.34. The smallest absolute Gasteiger partial charge is 0.265 e. The molecule has 3 aromatic rings. The number of amides is 1. The van der Waals surface area contributed by atoms with E-state index in [4.69, 9.17) is 9.47 Å². The van der Waals surface area contributed by atoms with Crippen molar-refractivity contribution in [1.29, 1.82) is 0 Å². The second-order valence-corrected chi connectivity index (χ2v) is 7.08. The zero-order valence-electron chi connectivity index (χ0n) is 13.2. The van der Waals surface area contributed by atoms with E-state index in [2.05, 4.69) is 15.3 Å². The monoisotopic (exact) mass is 373 g/mol. The van der Waals surface area contributed by atoms with E-state index in [9.17, 15) is 4.79 Å². The van der Waals surface area contributed by atoms with Gasteiger partial charge >= 0.3 is 0 Å². The van der Waals surface area contributed by atoms with Gasteiger partial charge in [0.1, 0.15) is 23.1 Å². The van der Waals surface area contributed by atoms with Crippen LogP contribution in [0.2, 0.25) is 0 Å². The number of thiophene rings is 1. The Morgan fingerprint density at radius 2 is 2.00 bits per heavy atom. The Labute approximate surface area is 152 Å². The minimum absolute atomic E-state index is 0.138. The van der Waals surface area contributed by atoms with Crippen LogP contribution in [0.25, 0.3) is 10.6 Å². The molecular weight excluding hydrogens is 358 g/mol. The van der Waals surface area contributed by atoms with Crippen LogP contribution in [-0.4, -0.2) is 35.6 Å². The van der Waals surface area contributed by atoms with E-state index in [0.717, 1.165) is 16.3 Å². The summed E-state index contributed by atoms with van der Waals surface area (Å²) in [5, 5.41) is 7.71. The summed E-state index contributed by atoms with van der Waals surface area (Å²) in [5.41, 5.74) is 2.02. The van der Waals surface area contributed by atoms with E-state index in [1.807, 2.05) is 22.9 Å². The average Bonchev–Trinajstić information content (AvgIpc) is 3.29. The van der Waals surface area contributed by atoms with Crippen LogP contribution in [0.1, 0.15) is 15.4 Å². The van der Waals surface area contributed by atoms with Gasteiger partial charge in [-0.25, -0.2) is 4.98 Å². The zero-order chi connectivity index (χ0) is 17.1. The van der Waals surface area contributed by atoms with Crippen molar-refractivity contribution in [3.05, 3.63) is 45.9 Å². The fraction of sp³-hybridized carbons (Fsp3) is 0.235. The molecule has 0 unspecified atom stereocenters. The topological polar surface area (TPSA) is 73.3 Å². The molecule has 1 aliphatic heterocycles. The predicted octanol–water partition coefficient (Wildman–Crippen LogP) is 3.01. The molecule has 4 rings (SSSR count). The second-order valence-electron chi connectivity index (χ2n) is 5.34. The zero-order valence-corrected chi connectivity index (χ0v) is 14.9. The van der Waals surface area contributed by atoms with Crippen LogP contribution in [0.5, 0.6) is 11.5 Å². The van der Waals surface area contributed by atoms with Crippen LogP contribution in [-0.2, 0) is 6.42 Å². The number of nitrogens with zero attached hydrogens (tertiary/aromatic N) is 2. The molecule has 0 spiro atoms. The Bertz CT molecular complexity index is 876. The molecule has 4 heterocycles. The number of nitrogens with one attached hydrogen (secondary N) is 1. The van der Waals surface area contributed by atoms with Crippen molar-refractivity contribution in [2.24, 2.45) is 0 Å². The van der Waals surface area contributed by atoms with Crippen molar-refractivity contribution in [2.75, 3.05) is 19.8 Å². The third-order valence-corrected chi connectivity index (χ3v) is 5.53. The fourth-order valence-corrected chi connectivity index (χ4v) is 4.16. The van der Waals surface area contributed by atoms with E-state index >= 15 is 0 Å². The van der Waals surface area contributed by atoms with Crippen molar-refractivity contribution in [3.8, 4) is 22.1 Å². The van der Waals surface area contributed by atoms with Crippen molar-refractivity contribution >= 4 is 28.6 Å². The van der Waals surface area contributed by atoms with Crippen LogP contribution < -0.4 is 14.8 Å². The molecule has 128 valence electrons. The molecule has 0 bridgehead atoms. The highest BCUT2D eigenvalue weighted by Gasteiger charge is 2.23. The number of rotatable bonds is 5. The summed E-state index contributed by atoms with van der Waals surface area (Å²) in [4.78, 5) is 21.5. The minimum Gasteiger partial charge on any atom is -0.485 e. The first-order valence-corrected chi connectivity index (χ1v) is 9.57. The molecule has 6 nitrogen and oxygen atoms in total. The van der Waals surface area contributed by atoms with Crippen molar-refractivity contribution in [2.45, 2.75) is 6.42 Å². The number of pyridine rings is 1. The average molecular weight is 373 g/mol. The quantitative estimate of drug-likeness (QED) is 0.744. The molecule has 1 amide bonds. The highest BCUT2D eigenvalue weighted by molar-refractivity contribution is 7.13. The molecule has 25 heavy (non-hydrogen) atoms.